The highest BCUT2D eigenvalue weighted by atomic mass is 32.2. The Labute approximate surface area is 162 Å². The van der Waals surface area contributed by atoms with Gasteiger partial charge in [-0.05, 0) is 24.3 Å². The van der Waals surface area contributed by atoms with Gasteiger partial charge in [-0.2, -0.15) is 19.3 Å². The van der Waals surface area contributed by atoms with Gasteiger partial charge in [0.05, 0.1) is 31.8 Å². The number of alkyl halides is 3. The standard InChI is InChI=1S/C18H9F4N3O3S/c1-29(27,25-8-24)13-3-2-12(14-15(13)17(26)18(21,22)16(14)20)28-11-5-9(7-23)4-10(19)6-11/h2-6,16H,1H3. The number of nitriles is 2. The zero-order valence-electron chi connectivity index (χ0n) is 14.5. The first-order valence-electron chi connectivity index (χ1n) is 7.75. The summed E-state index contributed by atoms with van der Waals surface area (Å²) in [4.78, 5) is 11.6. The lowest BCUT2D eigenvalue weighted by atomic mass is 10.1. The summed E-state index contributed by atoms with van der Waals surface area (Å²) in [6.45, 7) is 0. The number of ether oxygens (including phenoxy) is 1. The van der Waals surface area contributed by atoms with Crippen molar-refractivity contribution in [2.24, 2.45) is 4.36 Å². The Morgan fingerprint density at radius 1 is 1.24 bits per heavy atom. The van der Waals surface area contributed by atoms with Crippen molar-refractivity contribution in [1.82, 2.24) is 0 Å². The van der Waals surface area contributed by atoms with Crippen LogP contribution in [0.2, 0.25) is 0 Å². The van der Waals surface area contributed by atoms with Crippen molar-refractivity contribution in [2.45, 2.75) is 17.0 Å². The van der Waals surface area contributed by atoms with Crippen LogP contribution in [0.4, 0.5) is 17.6 Å². The van der Waals surface area contributed by atoms with Gasteiger partial charge in [-0.3, -0.25) is 4.79 Å². The van der Waals surface area contributed by atoms with E-state index >= 15 is 0 Å². The van der Waals surface area contributed by atoms with E-state index in [1.54, 1.807) is 6.07 Å². The predicted molar refractivity (Wildman–Crippen MR) is 91.1 cm³/mol. The summed E-state index contributed by atoms with van der Waals surface area (Å²) in [7, 11) is -3.61. The number of nitrogens with zero attached hydrogens (tertiary/aromatic N) is 3. The van der Waals surface area contributed by atoms with Gasteiger partial charge in [-0.25, -0.2) is 13.0 Å². The molecular formula is C18H9F4N3O3S. The number of carbonyl (C=O) groups is 1. The van der Waals surface area contributed by atoms with Gasteiger partial charge in [0.15, 0.2) is 0 Å². The molecule has 2 atom stereocenters. The van der Waals surface area contributed by atoms with Crippen LogP contribution in [-0.2, 0) is 9.73 Å². The number of hydrogen-bond donors (Lipinski definition) is 0. The minimum atomic E-state index is -4.46. The summed E-state index contributed by atoms with van der Waals surface area (Å²) in [6.07, 6.45) is -0.913. The van der Waals surface area contributed by atoms with Crippen LogP contribution in [-0.4, -0.2) is 22.2 Å². The van der Waals surface area contributed by atoms with Crippen LogP contribution in [0.15, 0.2) is 39.6 Å². The second-order valence-electron chi connectivity index (χ2n) is 6.05. The third kappa shape index (κ3) is 3.30. The minimum Gasteiger partial charge on any atom is -0.457 e. The van der Waals surface area contributed by atoms with Crippen molar-refractivity contribution in [1.29, 1.82) is 10.5 Å². The first kappa shape index (κ1) is 20.3. The first-order valence-corrected chi connectivity index (χ1v) is 9.67. The van der Waals surface area contributed by atoms with E-state index in [-0.39, 0.29) is 11.3 Å². The first-order chi connectivity index (χ1) is 13.5. The molecule has 148 valence electrons. The molecule has 0 radical (unpaired) electrons. The molecule has 0 saturated heterocycles. The average Bonchev–Trinajstić information content (AvgIpc) is 2.82. The monoisotopic (exact) mass is 423 g/mol. The van der Waals surface area contributed by atoms with Gasteiger partial charge in [0.2, 0.25) is 18.1 Å². The summed E-state index contributed by atoms with van der Waals surface area (Å²) in [5, 5.41) is 17.6. The molecule has 2 aromatic rings. The van der Waals surface area contributed by atoms with E-state index in [0.29, 0.717) is 0 Å². The molecule has 29 heavy (non-hydrogen) atoms. The maximum absolute atomic E-state index is 14.5. The van der Waals surface area contributed by atoms with Crippen LogP contribution >= 0.6 is 0 Å². The molecule has 1 aliphatic carbocycles. The van der Waals surface area contributed by atoms with Gasteiger partial charge >= 0.3 is 5.92 Å². The fourth-order valence-corrected chi connectivity index (χ4v) is 4.03. The Bertz CT molecular complexity index is 1250. The number of hydrogen-bond acceptors (Lipinski definition) is 6. The molecule has 0 N–H and O–H groups in total. The molecule has 0 aliphatic heterocycles. The average molecular weight is 423 g/mol. The quantitative estimate of drug-likeness (QED) is 0.542. The van der Waals surface area contributed by atoms with E-state index in [1.807, 2.05) is 0 Å². The molecule has 0 spiro atoms. The van der Waals surface area contributed by atoms with E-state index in [9.17, 15) is 26.6 Å². The third-order valence-electron chi connectivity index (χ3n) is 4.12. The van der Waals surface area contributed by atoms with Crippen molar-refractivity contribution in [3.8, 4) is 23.8 Å². The predicted octanol–water partition coefficient (Wildman–Crippen LogP) is 4.27. The lowest BCUT2D eigenvalue weighted by molar-refractivity contribution is -0.0368. The Morgan fingerprint density at radius 2 is 1.93 bits per heavy atom. The zero-order valence-corrected chi connectivity index (χ0v) is 15.3. The fourth-order valence-electron chi connectivity index (χ4n) is 2.87. The minimum absolute atomic E-state index is 0.143. The number of rotatable bonds is 3. The molecule has 0 amide bonds. The number of carbonyl (C=O) groups excluding carboxylic acids is 1. The Balaban J connectivity index is 2.26. The normalized spacial score (nSPS) is 18.9. The van der Waals surface area contributed by atoms with E-state index < -0.39 is 55.2 Å². The lowest BCUT2D eigenvalue weighted by Gasteiger charge is -2.15. The van der Waals surface area contributed by atoms with Crippen LogP contribution in [0, 0.1) is 28.6 Å². The van der Waals surface area contributed by atoms with Gasteiger partial charge in [-0.15, -0.1) is 4.36 Å². The molecule has 0 fully saturated rings. The van der Waals surface area contributed by atoms with Gasteiger partial charge in [-0.1, -0.05) is 0 Å². The Hall–Kier alpha value is -3.44. The summed E-state index contributed by atoms with van der Waals surface area (Å²) >= 11 is 0. The Kier molecular flexibility index (Phi) is 4.81. The molecule has 0 heterocycles. The van der Waals surface area contributed by atoms with Crippen molar-refractivity contribution < 1.29 is 31.3 Å². The number of ketones is 1. The molecule has 0 bridgehead atoms. The smallest absolute Gasteiger partial charge is 0.344 e. The summed E-state index contributed by atoms with van der Waals surface area (Å²) < 4.78 is 77.3. The molecule has 11 heteroatoms. The molecule has 0 saturated carbocycles. The molecule has 6 nitrogen and oxygen atoms in total. The van der Waals surface area contributed by atoms with Crippen molar-refractivity contribution in [2.75, 3.05) is 6.26 Å². The molecule has 0 aromatic heterocycles. The molecule has 2 unspecified atom stereocenters. The zero-order chi connectivity index (χ0) is 21.6. The fraction of sp³-hybridized carbons (Fsp3) is 0.167. The van der Waals surface area contributed by atoms with E-state index in [4.69, 9.17) is 15.3 Å². The van der Waals surface area contributed by atoms with Crippen LogP contribution in [0.5, 0.6) is 11.5 Å². The van der Waals surface area contributed by atoms with E-state index in [1.165, 1.54) is 6.19 Å². The highest BCUT2D eigenvalue weighted by Crippen LogP contribution is 2.52. The molecule has 3 rings (SSSR count). The maximum Gasteiger partial charge on any atom is 0.344 e. The van der Waals surface area contributed by atoms with Gasteiger partial charge in [0.1, 0.15) is 17.3 Å². The summed E-state index contributed by atoms with van der Waals surface area (Å²) in [5.74, 6) is -8.11. The van der Waals surface area contributed by atoms with Gasteiger partial charge < -0.3 is 4.74 Å². The highest BCUT2D eigenvalue weighted by Gasteiger charge is 2.59. The van der Waals surface area contributed by atoms with Gasteiger partial charge in [0, 0.05) is 17.9 Å². The van der Waals surface area contributed by atoms with Crippen molar-refractivity contribution in [3.63, 3.8) is 0 Å². The molecule has 2 aromatic carbocycles. The maximum atomic E-state index is 14.5. The summed E-state index contributed by atoms with van der Waals surface area (Å²) in [6, 6.07) is 6.39. The molecule has 1 aliphatic rings. The second kappa shape index (κ2) is 6.87. The topological polar surface area (TPSA) is 103 Å². The van der Waals surface area contributed by atoms with Crippen molar-refractivity contribution >= 4 is 15.5 Å². The van der Waals surface area contributed by atoms with Crippen LogP contribution < -0.4 is 4.74 Å². The van der Waals surface area contributed by atoms with E-state index in [2.05, 4.69) is 4.36 Å². The van der Waals surface area contributed by atoms with Gasteiger partial charge in [0.25, 0.3) is 0 Å². The van der Waals surface area contributed by atoms with Crippen LogP contribution in [0.25, 0.3) is 0 Å². The second-order valence-corrected chi connectivity index (χ2v) is 8.28. The summed E-state index contributed by atoms with van der Waals surface area (Å²) in [5.41, 5.74) is -1.93. The van der Waals surface area contributed by atoms with E-state index in [0.717, 1.165) is 36.6 Å². The third-order valence-corrected chi connectivity index (χ3v) is 5.71. The largest absolute Gasteiger partial charge is 0.457 e. The lowest BCUT2D eigenvalue weighted by Crippen LogP contribution is -2.26. The number of halogens is 4. The molecular weight excluding hydrogens is 414 g/mol. The SMILES string of the molecule is CS(=O)(=NC#N)c1ccc(Oc2cc(F)cc(C#N)c2)c2c1C(=O)C(F)(F)C2F. The Morgan fingerprint density at radius 3 is 2.55 bits per heavy atom. The highest BCUT2D eigenvalue weighted by molar-refractivity contribution is 7.93. The van der Waals surface area contributed by atoms with Crippen molar-refractivity contribution in [3.05, 3.63) is 52.8 Å². The number of benzene rings is 2. The number of fused-ring (bicyclic) bond motifs is 1. The number of Topliss-reactive ketones (excluding diaryl/α,β-unsaturated/α-hetero) is 1. The van der Waals surface area contributed by atoms with Crippen LogP contribution in [0.1, 0.15) is 27.7 Å². The van der Waals surface area contributed by atoms with Crippen LogP contribution in [0.3, 0.4) is 0 Å².